The van der Waals surface area contributed by atoms with Gasteiger partial charge in [0.2, 0.25) is 0 Å². The van der Waals surface area contributed by atoms with Gasteiger partial charge in [0.05, 0.1) is 17.3 Å². The van der Waals surface area contributed by atoms with E-state index in [1.165, 1.54) is 12.4 Å². The van der Waals surface area contributed by atoms with E-state index in [2.05, 4.69) is 10.2 Å². The summed E-state index contributed by atoms with van der Waals surface area (Å²) in [6.07, 6.45) is 2.54. The maximum absolute atomic E-state index is 11.0. The minimum atomic E-state index is -0.822. The van der Waals surface area contributed by atoms with Gasteiger partial charge in [-0.05, 0) is 0 Å². The van der Waals surface area contributed by atoms with Gasteiger partial charge in [-0.1, -0.05) is 4.52 Å². The van der Waals surface area contributed by atoms with E-state index in [0.717, 1.165) is 10.6 Å². The molecule has 0 atom stereocenters. The normalized spacial score (nSPS) is 10.5. The van der Waals surface area contributed by atoms with Gasteiger partial charge in [-0.15, -0.1) is 5.10 Å². The Morgan fingerprint density at radius 3 is 3.00 bits per heavy atom. The lowest BCUT2D eigenvalue weighted by Gasteiger charge is -1.93. The molecule has 66 valence electrons. The lowest BCUT2D eigenvalue weighted by atomic mass is 10.7. The smallest absolute Gasteiger partial charge is 0.335 e. The third kappa shape index (κ3) is 0.956. The zero-order valence-corrected chi connectivity index (χ0v) is 6.19. The SMILES string of the molecule is O=c1cc2nnccn2n1[N+](=O)[O-]. The first-order chi connectivity index (χ1) is 6.20. The van der Waals surface area contributed by atoms with Crippen molar-refractivity contribution in [2.45, 2.75) is 0 Å². The molecule has 0 bridgehead atoms. The minimum Gasteiger partial charge on any atom is -0.339 e. The number of nitrogens with zero attached hydrogens (tertiary/aromatic N) is 5. The topological polar surface area (TPSA) is 95.3 Å². The number of fused-ring (bicyclic) bond motifs is 1. The van der Waals surface area contributed by atoms with E-state index in [1.807, 2.05) is 0 Å². The Morgan fingerprint density at radius 2 is 2.31 bits per heavy atom. The van der Waals surface area contributed by atoms with Crippen molar-refractivity contribution in [1.29, 1.82) is 0 Å². The predicted octanol–water partition coefficient (Wildman–Crippen LogP) is -1.07. The quantitative estimate of drug-likeness (QED) is 0.412. The maximum atomic E-state index is 11.0. The molecule has 8 heteroatoms. The van der Waals surface area contributed by atoms with Gasteiger partial charge in [0.15, 0.2) is 0 Å². The maximum Gasteiger partial charge on any atom is 0.335 e. The molecule has 0 aliphatic heterocycles. The number of hydrogen-bond donors (Lipinski definition) is 0. The van der Waals surface area contributed by atoms with Gasteiger partial charge in [0.25, 0.3) is 5.65 Å². The third-order valence-electron chi connectivity index (χ3n) is 1.48. The van der Waals surface area contributed by atoms with Gasteiger partial charge in [-0.2, -0.15) is 5.10 Å². The summed E-state index contributed by atoms with van der Waals surface area (Å²) in [5.41, 5.74) is -0.602. The summed E-state index contributed by atoms with van der Waals surface area (Å²) in [6.45, 7) is 0. The van der Waals surface area contributed by atoms with Crippen molar-refractivity contribution in [3.63, 3.8) is 0 Å². The fraction of sp³-hybridized carbons (Fsp3) is 0. The fourth-order valence-electron chi connectivity index (χ4n) is 0.996. The number of hydrogen-bond acceptors (Lipinski definition) is 5. The van der Waals surface area contributed by atoms with Crippen molar-refractivity contribution in [2.24, 2.45) is 0 Å². The molecule has 13 heavy (non-hydrogen) atoms. The predicted molar refractivity (Wildman–Crippen MR) is 39.6 cm³/mol. The van der Waals surface area contributed by atoms with Crippen molar-refractivity contribution >= 4 is 5.65 Å². The number of aromatic nitrogens is 4. The van der Waals surface area contributed by atoms with Crippen LogP contribution in [0.25, 0.3) is 5.65 Å². The van der Waals surface area contributed by atoms with E-state index in [-0.39, 0.29) is 5.65 Å². The first kappa shape index (κ1) is 7.40. The summed E-state index contributed by atoms with van der Waals surface area (Å²) in [5.74, 6) is 0. The highest BCUT2D eigenvalue weighted by atomic mass is 16.7. The molecular formula is C5H3N5O3. The molecule has 0 aliphatic carbocycles. The van der Waals surface area contributed by atoms with Crippen LogP contribution in [-0.2, 0) is 0 Å². The summed E-state index contributed by atoms with van der Waals surface area (Å²) in [4.78, 5) is 21.8. The van der Waals surface area contributed by atoms with Crippen molar-refractivity contribution in [3.05, 3.63) is 38.9 Å². The standard InChI is InChI=1S/C5H3N5O3/c11-5-3-4-7-6-1-2-8(4)9(5)10(12)13/h1-3H. The molecular weight excluding hydrogens is 178 g/mol. The third-order valence-corrected chi connectivity index (χ3v) is 1.48. The summed E-state index contributed by atoms with van der Waals surface area (Å²) in [5, 5.41) is 16.6. The zero-order valence-electron chi connectivity index (χ0n) is 6.19. The molecule has 2 aromatic heterocycles. The Bertz CT molecular complexity index is 526. The zero-order chi connectivity index (χ0) is 9.42. The van der Waals surface area contributed by atoms with Crippen molar-refractivity contribution in [3.8, 4) is 0 Å². The molecule has 0 N–H and O–H groups in total. The van der Waals surface area contributed by atoms with Crippen LogP contribution in [0.5, 0.6) is 0 Å². The summed E-state index contributed by atoms with van der Waals surface area (Å²) in [6, 6.07) is 1.04. The largest absolute Gasteiger partial charge is 0.339 e. The molecule has 2 heterocycles. The Kier molecular flexibility index (Phi) is 1.35. The Balaban J connectivity index is 2.95. The van der Waals surface area contributed by atoms with Gasteiger partial charge in [0, 0.05) is 4.79 Å². The van der Waals surface area contributed by atoms with Crippen molar-refractivity contribution in [2.75, 3.05) is 0 Å². The second-order valence-electron chi connectivity index (χ2n) is 2.23. The molecule has 0 radical (unpaired) electrons. The molecule has 0 unspecified atom stereocenters. The molecule has 8 nitrogen and oxygen atoms in total. The Labute approximate surface area is 70.1 Å². The van der Waals surface area contributed by atoms with Crippen LogP contribution >= 0.6 is 0 Å². The molecule has 0 fully saturated rings. The first-order valence-corrected chi connectivity index (χ1v) is 3.27. The molecule has 0 spiro atoms. The van der Waals surface area contributed by atoms with Crippen LogP contribution in [0.1, 0.15) is 0 Å². The van der Waals surface area contributed by atoms with E-state index in [9.17, 15) is 14.9 Å². The first-order valence-electron chi connectivity index (χ1n) is 3.27. The average molecular weight is 181 g/mol. The van der Waals surface area contributed by atoms with E-state index in [4.69, 9.17) is 0 Å². The summed E-state index contributed by atoms with van der Waals surface area (Å²) in [7, 11) is 0. The monoisotopic (exact) mass is 181 g/mol. The number of nitro groups is 1. The van der Waals surface area contributed by atoms with Gasteiger partial charge in [-0.25, -0.2) is 0 Å². The van der Waals surface area contributed by atoms with Gasteiger partial charge < -0.3 is 10.1 Å². The van der Waals surface area contributed by atoms with E-state index in [1.54, 1.807) is 0 Å². The fourth-order valence-corrected chi connectivity index (χ4v) is 0.996. The highest BCUT2D eigenvalue weighted by molar-refractivity contribution is 5.33. The molecule has 0 aromatic carbocycles. The molecule has 2 rings (SSSR count). The second kappa shape index (κ2) is 2.37. The highest BCUT2D eigenvalue weighted by Gasteiger charge is 2.13. The summed E-state index contributed by atoms with van der Waals surface area (Å²) >= 11 is 0. The van der Waals surface area contributed by atoms with E-state index < -0.39 is 10.6 Å². The highest BCUT2D eigenvalue weighted by Crippen LogP contribution is 1.92. The van der Waals surface area contributed by atoms with Crippen molar-refractivity contribution < 1.29 is 5.03 Å². The van der Waals surface area contributed by atoms with Crippen LogP contribution in [0.3, 0.4) is 0 Å². The average Bonchev–Trinajstić information content (AvgIpc) is 2.39. The van der Waals surface area contributed by atoms with Crippen molar-refractivity contribution in [1.82, 2.24) is 19.5 Å². The minimum absolute atomic E-state index is 0.143. The Morgan fingerprint density at radius 1 is 1.54 bits per heavy atom. The van der Waals surface area contributed by atoms with Gasteiger partial charge in [-0.3, -0.25) is 4.79 Å². The van der Waals surface area contributed by atoms with Crippen LogP contribution < -0.4 is 5.56 Å². The molecule has 0 saturated heterocycles. The molecule has 2 aromatic rings. The van der Waals surface area contributed by atoms with Gasteiger partial charge in [0.1, 0.15) is 6.20 Å². The Hall–Kier alpha value is -2.25. The van der Waals surface area contributed by atoms with Crippen LogP contribution in [0.2, 0.25) is 0 Å². The summed E-state index contributed by atoms with van der Waals surface area (Å²) < 4.78 is 1.01. The molecule has 0 aliphatic rings. The lowest BCUT2D eigenvalue weighted by Crippen LogP contribution is -2.25. The van der Waals surface area contributed by atoms with Crippen LogP contribution in [-0.4, -0.2) is 24.5 Å². The van der Waals surface area contributed by atoms with Crippen LogP contribution in [0.15, 0.2) is 23.3 Å². The molecule has 0 amide bonds. The van der Waals surface area contributed by atoms with Crippen LogP contribution in [0, 0.1) is 10.1 Å². The van der Waals surface area contributed by atoms with Crippen LogP contribution in [0.4, 0.5) is 0 Å². The van der Waals surface area contributed by atoms with E-state index >= 15 is 0 Å². The molecule has 0 saturated carbocycles. The number of rotatable bonds is 1. The lowest BCUT2D eigenvalue weighted by molar-refractivity contribution is -0.557. The van der Waals surface area contributed by atoms with Gasteiger partial charge >= 0.3 is 5.56 Å². The van der Waals surface area contributed by atoms with E-state index in [0.29, 0.717) is 4.79 Å². The second-order valence-corrected chi connectivity index (χ2v) is 2.23.